The van der Waals surface area contributed by atoms with E-state index in [1.807, 2.05) is 13.0 Å². The van der Waals surface area contributed by atoms with Crippen LogP contribution in [0.2, 0.25) is 5.02 Å². The summed E-state index contributed by atoms with van der Waals surface area (Å²) in [5.74, 6) is -0.148. The van der Waals surface area contributed by atoms with E-state index in [1.165, 1.54) is 11.6 Å². The molecule has 1 aromatic carbocycles. The fraction of sp³-hybridized carbons (Fsp3) is 0.316. The second kappa shape index (κ2) is 7.44. The molecule has 0 N–H and O–H groups in total. The zero-order valence-corrected chi connectivity index (χ0v) is 16.2. The summed E-state index contributed by atoms with van der Waals surface area (Å²) in [6.45, 7) is 2.54. The van der Waals surface area contributed by atoms with Gasteiger partial charge in [0.1, 0.15) is 12.2 Å². The number of carbonyl (C=O) groups is 1. The van der Waals surface area contributed by atoms with Crippen molar-refractivity contribution in [2.45, 2.75) is 19.9 Å². The Bertz CT molecular complexity index is 1130. The fourth-order valence-corrected chi connectivity index (χ4v) is 3.40. The van der Waals surface area contributed by atoms with Crippen LogP contribution in [-0.2, 0) is 25.4 Å². The van der Waals surface area contributed by atoms with Gasteiger partial charge in [-0.3, -0.25) is 18.7 Å². The number of nitrogens with zero attached hydrogens (tertiary/aromatic N) is 4. The molecule has 0 fully saturated rings. The van der Waals surface area contributed by atoms with Crippen LogP contribution in [0.25, 0.3) is 11.0 Å². The summed E-state index contributed by atoms with van der Waals surface area (Å²) in [6.07, 6.45) is 2.44. The summed E-state index contributed by atoms with van der Waals surface area (Å²) in [4.78, 5) is 39.2. The van der Waals surface area contributed by atoms with Crippen molar-refractivity contribution in [3.05, 3.63) is 62.4 Å². The van der Waals surface area contributed by atoms with Crippen LogP contribution in [0, 0.1) is 0 Å². The molecule has 8 heteroatoms. The Hall–Kier alpha value is -2.80. The van der Waals surface area contributed by atoms with Gasteiger partial charge in [0.2, 0.25) is 5.91 Å². The highest BCUT2D eigenvalue weighted by atomic mass is 35.5. The number of hydrogen-bond acceptors (Lipinski definition) is 3. The van der Waals surface area contributed by atoms with Crippen LogP contribution in [0.4, 0.5) is 5.69 Å². The van der Waals surface area contributed by atoms with E-state index in [-0.39, 0.29) is 18.0 Å². The number of benzene rings is 1. The molecule has 0 bridgehead atoms. The molecule has 3 rings (SSSR count). The number of rotatable bonds is 5. The number of hydrogen-bond donors (Lipinski definition) is 0. The number of anilines is 1. The van der Waals surface area contributed by atoms with Crippen molar-refractivity contribution < 1.29 is 4.79 Å². The Morgan fingerprint density at radius 2 is 1.89 bits per heavy atom. The molecular formula is C19H21ClN4O3. The molecule has 0 saturated carbocycles. The van der Waals surface area contributed by atoms with Gasteiger partial charge in [0.05, 0.1) is 5.39 Å². The van der Waals surface area contributed by atoms with Crippen LogP contribution in [0.15, 0.2) is 46.1 Å². The van der Waals surface area contributed by atoms with Crippen LogP contribution < -0.4 is 16.1 Å². The quantitative estimate of drug-likeness (QED) is 0.672. The van der Waals surface area contributed by atoms with Crippen LogP contribution in [0.3, 0.4) is 0 Å². The maximum atomic E-state index is 13.0. The Balaban J connectivity index is 2.02. The van der Waals surface area contributed by atoms with E-state index in [4.69, 9.17) is 11.6 Å². The van der Waals surface area contributed by atoms with E-state index in [0.29, 0.717) is 22.6 Å². The maximum absolute atomic E-state index is 13.0. The molecule has 1 amide bonds. The molecule has 2 heterocycles. The Kier molecular flexibility index (Phi) is 5.23. The van der Waals surface area contributed by atoms with Crippen LogP contribution in [0.1, 0.15) is 13.3 Å². The van der Waals surface area contributed by atoms with Gasteiger partial charge in [-0.1, -0.05) is 24.6 Å². The van der Waals surface area contributed by atoms with Gasteiger partial charge in [0.25, 0.3) is 5.56 Å². The lowest BCUT2D eigenvalue weighted by atomic mass is 10.2. The second-order valence-corrected chi connectivity index (χ2v) is 6.85. The van der Waals surface area contributed by atoms with Gasteiger partial charge in [-0.15, -0.1) is 0 Å². The molecule has 0 unspecified atom stereocenters. The fourth-order valence-electron chi connectivity index (χ4n) is 3.21. The Morgan fingerprint density at radius 1 is 1.15 bits per heavy atom. The molecule has 0 aliphatic carbocycles. The summed E-state index contributed by atoms with van der Waals surface area (Å²) >= 11 is 6.07. The van der Waals surface area contributed by atoms with Crippen molar-refractivity contribution in [1.29, 1.82) is 0 Å². The average molecular weight is 389 g/mol. The third-order valence-electron chi connectivity index (χ3n) is 4.53. The number of aryl methyl sites for hydroxylation is 1. The van der Waals surface area contributed by atoms with Crippen molar-refractivity contribution in [3.63, 3.8) is 0 Å². The number of aromatic nitrogens is 3. The molecule has 2 aromatic heterocycles. The summed E-state index contributed by atoms with van der Waals surface area (Å²) in [5.41, 5.74) is 0.342. The molecule has 0 spiro atoms. The lowest BCUT2D eigenvalue weighted by Gasteiger charge is -2.23. The van der Waals surface area contributed by atoms with Gasteiger partial charge in [-0.05, 0) is 30.7 Å². The number of halogens is 1. The van der Waals surface area contributed by atoms with E-state index in [2.05, 4.69) is 0 Å². The first-order valence-electron chi connectivity index (χ1n) is 8.66. The third-order valence-corrected chi connectivity index (χ3v) is 4.77. The maximum Gasteiger partial charge on any atom is 0.332 e. The largest absolute Gasteiger partial charge is 0.332 e. The first-order valence-corrected chi connectivity index (χ1v) is 9.03. The predicted molar refractivity (Wildman–Crippen MR) is 107 cm³/mol. The smallest absolute Gasteiger partial charge is 0.324 e. The SMILES string of the molecule is CCCN(C(=O)Cn1ccc2c(=O)n(C)c(=O)n(C)c21)c1cccc(Cl)c1. The van der Waals surface area contributed by atoms with E-state index in [0.717, 1.165) is 16.7 Å². The average Bonchev–Trinajstić information content (AvgIpc) is 3.06. The molecule has 0 aliphatic heterocycles. The number of carbonyl (C=O) groups excluding carboxylic acids is 1. The molecule has 27 heavy (non-hydrogen) atoms. The van der Waals surface area contributed by atoms with Crippen molar-refractivity contribution in [2.75, 3.05) is 11.4 Å². The lowest BCUT2D eigenvalue weighted by molar-refractivity contribution is -0.119. The summed E-state index contributed by atoms with van der Waals surface area (Å²) in [6, 6.07) is 8.76. The number of fused-ring (bicyclic) bond motifs is 1. The highest BCUT2D eigenvalue weighted by Gasteiger charge is 2.19. The first kappa shape index (κ1) is 19.0. The topological polar surface area (TPSA) is 69.2 Å². The van der Waals surface area contributed by atoms with Gasteiger partial charge in [0.15, 0.2) is 0 Å². The number of amides is 1. The minimum absolute atomic E-state index is 0.0104. The van der Waals surface area contributed by atoms with Crippen molar-refractivity contribution in [1.82, 2.24) is 13.7 Å². The molecule has 3 aromatic rings. The van der Waals surface area contributed by atoms with E-state index < -0.39 is 5.69 Å². The minimum atomic E-state index is -0.430. The highest BCUT2D eigenvalue weighted by molar-refractivity contribution is 6.30. The van der Waals surface area contributed by atoms with Crippen LogP contribution >= 0.6 is 11.6 Å². The molecule has 0 radical (unpaired) electrons. The Morgan fingerprint density at radius 3 is 2.56 bits per heavy atom. The lowest BCUT2D eigenvalue weighted by Crippen LogP contribution is -2.38. The molecule has 0 saturated heterocycles. The predicted octanol–water partition coefficient (Wildman–Crippen LogP) is 2.14. The Labute approximate surface area is 161 Å². The summed E-state index contributed by atoms with van der Waals surface area (Å²) < 4.78 is 4.07. The van der Waals surface area contributed by atoms with Crippen molar-refractivity contribution >= 4 is 34.2 Å². The van der Waals surface area contributed by atoms with Gasteiger partial charge < -0.3 is 9.47 Å². The third kappa shape index (κ3) is 3.42. The van der Waals surface area contributed by atoms with E-state index in [1.54, 1.807) is 47.0 Å². The van der Waals surface area contributed by atoms with Crippen molar-refractivity contribution in [3.8, 4) is 0 Å². The highest BCUT2D eigenvalue weighted by Crippen LogP contribution is 2.21. The first-order chi connectivity index (χ1) is 12.8. The second-order valence-electron chi connectivity index (χ2n) is 6.41. The van der Waals surface area contributed by atoms with Gasteiger partial charge in [-0.2, -0.15) is 0 Å². The normalized spacial score (nSPS) is 11.1. The molecule has 142 valence electrons. The molecule has 7 nitrogen and oxygen atoms in total. The van der Waals surface area contributed by atoms with E-state index in [9.17, 15) is 14.4 Å². The zero-order chi connectivity index (χ0) is 19.7. The van der Waals surface area contributed by atoms with Gasteiger partial charge in [-0.25, -0.2) is 4.79 Å². The monoisotopic (exact) mass is 388 g/mol. The van der Waals surface area contributed by atoms with E-state index >= 15 is 0 Å². The van der Waals surface area contributed by atoms with Gasteiger partial charge >= 0.3 is 5.69 Å². The molecule has 0 atom stereocenters. The molecule has 0 aliphatic rings. The minimum Gasteiger partial charge on any atom is -0.324 e. The van der Waals surface area contributed by atoms with Gasteiger partial charge in [0, 0.05) is 37.5 Å². The standard InChI is InChI=1S/C19H21ClN4O3/c1-4-9-24(14-7-5-6-13(20)11-14)16(25)12-23-10-8-15-17(23)21(2)19(27)22(3)18(15)26/h5-8,10-11H,4,9,12H2,1-3H3. The summed E-state index contributed by atoms with van der Waals surface area (Å²) in [7, 11) is 3.03. The molecular weight excluding hydrogens is 368 g/mol. The van der Waals surface area contributed by atoms with Crippen LogP contribution in [0.5, 0.6) is 0 Å². The summed E-state index contributed by atoms with van der Waals surface area (Å²) in [5, 5.41) is 0.955. The zero-order valence-electron chi connectivity index (χ0n) is 15.5. The van der Waals surface area contributed by atoms with Crippen LogP contribution in [-0.4, -0.2) is 26.2 Å². The van der Waals surface area contributed by atoms with Crippen molar-refractivity contribution in [2.24, 2.45) is 14.1 Å².